The molecule has 3 heteroatoms. The van der Waals surface area contributed by atoms with E-state index in [1.807, 2.05) is 12.1 Å². The van der Waals surface area contributed by atoms with Gasteiger partial charge in [0.05, 0.1) is 11.6 Å². The average molecular weight is 234 g/mol. The van der Waals surface area contributed by atoms with Gasteiger partial charge in [0.2, 0.25) is 0 Å². The van der Waals surface area contributed by atoms with Crippen molar-refractivity contribution in [3.8, 4) is 6.07 Å². The van der Waals surface area contributed by atoms with Gasteiger partial charge < -0.3 is 5.73 Å². The maximum Gasteiger partial charge on any atom is 0.0991 e. The van der Waals surface area contributed by atoms with E-state index >= 15 is 0 Å². The Morgan fingerprint density at radius 3 is 2.33 bits per heavy atom. The Hall–Kier alpha value is -0.226. The van der Waals surface area contributed by atoms with Crippen LogP contribution in [0.5, 0.6) is 0 Å². The molecule has 2 nitrogen and oxygen atoms in total. The summed E-state index contributed by atoms with van der Waals surface area (Å²) in [5, 5.41) is 8.48. The molecular formula is C9H9N2Y-. The standard InChI is InChI=1S/C9H9N2.Y/c10-6-5-8-1-3-9(7-11)4-2-8;/h1-4,6H,5,10H2;/q-1;. The maximum absolute atomic E-state index is 8.48. The smallest absolute Gasteiger partial charge is 0.0991 e. The average Bonchev–Trinajstić information content (AvgIpc) is 2.07. The van der Waals surface area contributed by atoms with E-state index in [2.05, 4.69) is 6.07 Å². The topological polar surface area (TPSA) is 49.8 Å². The van der Waals surface area contributed by atoms with E-state index in [1.165, 1.54) is 0 Å². The molecular weight excluding hydrogens is 225 g/mol. The first-order valence-corrected chi connectivity index (χ1v) is 3.39. The molecule has 59 valence electrons. The van der Waals surface area contributed by atoms with Crippen LogP contribution in [0.2, 0.25) is 0 Å². The molecule has 0 saturated carbocycles. The summed E-state index contributed by atoms with van der Waals surface area (Å²) < 4.78 is 0. The quantitative estimate of drug-likeness (QED) is 0.782. The third-order valence-corrected chi connectivity index (χ3v) is 1.44. The van der Waals surface area contributed by atoms with Crippen LogP contribution < -0.4 is 5.73 Å². The van der Waals surface area contributed by atoms with Gasteiger partial charge in [-0.3, -0.25) is 6.54 Å². The number of nitriles is 1. The molecule has 0 aliphatic carbocycles. The normalized spacial score (nSPS) is 8.33. The van der Waals surface area contributed by atoms with Gasteiger partial charge in [0.15, 0.2) is 0 Å². The van der Waals surface area contributed by atoms with Gasteiger partial charge in [0, 0.05) is 32.7 Å². The first-order valence-electron chi connectivity index (χ1n) is 3.39. The van der Waals surface area contributed by atoms with E-state index in [0.717, 1.165) is 12.0 Å². The van der Waals surface area contributed by atoms with Crippen molar-refractivity contribution in [1.29, 1.82) is 5.26 Å². The van der Waals surface area contributed by atoms with E-state index in [-0.39, 0.29) is 32.7 Å². The fourth-order valence-corrected chi connectivity index (χ4v) is 0.851. The van der Waals surface area contributed by atoms with Crippen LogP contribution in [0.3, 0.4) is 0 Å². The Kier molecular flexibility index (Phi) is 6.19. The minimum absolute atomic E-state index is 0. The van der Waals surface area contributed by atoms with Gasteiger partial charge in [-0.25, -0.2) is 0 Å². The summed E-state index contributed by atoms with van der Waals surface area (Å²) in [6.07, 6.45) is 0.756. The molecule has 2 N–H and O–H groups in total. The van der Waals surface area contributed by atoms with Gasteiger partial charge in [0.25, 0.3) is 0 Å². The largest absolute Gasteiger partial charge is 0.483 e. The van der Waals surface area contributed by atoms with E-state index in [9.17, 15) is 0 Å². The molecule has 1 aromatic rings. The summed E-state index contributed by atoms with van der Waals surface area (Å²) in [4.78, 5) is 0. The van der Waals surface area contributed by atoms with Crippen LogP contribution in [0.1, 0.15) is 11.1 Å². The summed E-state index contributed by atoms with van der Waals surface area (Å²) in [6, 6.07) is 9.45. The Morgan fingerprint density at radius 2 is 1.92 bits per heavy atom. The van der Waals surface area contributed by atoms with Crippen molar-refractivity contribution in [1.82, 2.24) is 0 Å². The number of nitrogens with two attached hydrogens (primary N) is 1. The number of benzene rings is 1. The van der Waals surface area contributed by atoms with E-state index < -0.39 is 0 Å². The number of rotatable bonds is 2. The van der Waals surface area contributed by atoms with Crippen molar-refractivity contribution in [3.63, 3.8) is 0 Å². The second kappa shape index (κ2) is 6.31. The Balaban J connectivity index is 0.00000121. The van der Waals surface area contributed by atoms with Gasteiger partial charge in [-0.1, -0.05) is 17.7 Å². The van der Waals surface area contributed by atoms with Crippen molar-refractivity contribution in [3.05, 3.63) is 41.9 Å². The Bertz CT molecular complexity index is 261. The molecule has 0 spiro atoms. The van der Waals surface area contributed by atoms with E-state index in [4.69, 9.17) is 11.0 Å². The van der Waals surface area contributed by atoms with Crippen molar-refractivity contribution < 1.29 is 32.7 Å². The SMILES string of the molecule is N#Cc1ccc(C[CH-]N)cc1.[Y]. The molecule has 0 aliphatic heterocycles. The van der Waals surface area contributed by atoms with Gasteiger partial charge in [-0.15, -0.1) is 6.42 Å². The third-order valence-electron chi connectivity index (χ3n) is 1.44. The summed E-state index contributed by atoms with van der Waals surface area (Å²) >= 11 is 0. The summed E-state index contributed by atoms with van der Waals surface area (Å²) in [6.45, 7) is 1.60. The molecule has 0 fully saturated rings. The van der Waals surface area contributed by atoms with Crippen LogP contribution in [0.15, 0.2) is 24.3 Å². The van der Waals surface area contributed by atoms with Crippen LogP contribution >= 0.6 is 0 Å². The predicted octanol–water partition coefficient (Wildman–Crippen LogP) is 1.22. The van der Waals surface area contributed by atoms with Crippen molar-refractivity contribution >= 4 is 0 Å². The molecule has 1 aromatic carbocycles. The van der Waals surface area contributed by atoms with Crippen molar-refractivity contribution in [2.45, 2.75) is 6.42 Å². The zero-order valence-electron chi connectivity index (χ0n) is 6.70. The van der Waals surface area contributed by atoms with Crippen LogP contribution in [-0.4, -0.2) is 0 Å². The van der Waals surface area contributed by atoms with Crippen LogP contribution in [0.4, 0.5) is 0 Å². The Morgan fingerprint density at radius 1 is 1.33 bits per heavy atom. The molecule has 1 radical (unpaired) electrons. The monoisotopic (exact) mass is 234 g/mol. The van der Waals surface area contributed by atoms with E-state index in [1.54, 1.807) is 18.7 Å². The molecule has 12 heavy (non-hydrogen) atoms. The molecule has 0 aromatic heterocycles. The zero-order valence-corrected chi connectivity index (χ0v) is 9.53. The molecule has 0 unspecified atom stereocenters. The predicted molar refractivity (Wildman–Crippen MR) is 43.3 cm³/mol. The number of nitrogens with zero attached hydrogens (tertiary/aromatic N) is 1. The zero-order chi connectivity index (χ0) is 8.10. The third kappa shape index (κ3) is 3.45. The minimum atomic E-state index is 0. The number of hydrogen-bond donors (Lipinski definition) is 1. The summed E-state index contributed by atoms with van der Waals surface area (Å²) in [7, 11) is 0. The van der Waals surface area contributed by atoms with Gasteiger partial charge in [-0.2, -0.15) is 5.26 Å². The van der Waals surface area contributed by atoms with Crippen LogP contribution in [0.25, 0.3) is 0 Å². The molecule has 0 bridgehead atoms. The van der Waals surface area contributed by atoms with Crippen LogP contribution in [-0.2, 0) is 39.1 Å². The molecule has 0 saturated heterocycles. The van der Waals surface area contributed by atoms with Crippen molar-refractivity contribution in [2.24, 2.45) is 5.73 Å². The first kappa shape index (κ1) is 11.8. The molecule has 0 heterocycles. The molecule has 0 atom stereocenters. The maximum atomic E-state index is 8.48. The van der Waals surface area contributed by atoms with E-state index in [0.29, 0.717) is 5.56 Å². The summed E-state index contributed by atoms with van der Waals surface area (Å²) in [5.74, 6) is 0. The number of hydrogen-bond acceptors (Lipinski definition) is 2. The summed E-state index contributed by atoms with van der Waals surface area (Å²) in [5.41, 5.74) is 7.06. The fraction of sp³-hybridized carbons (Fsp3) is 0.111. The first-order chi connectivity index (χ1) is 5.36. The van der Waals surface area contributed by atoms with Gasteiger partial charge in [0.1, 0.15) is 0 Å². The van der Waals surface area contributed by atoms with Crippen molar-refractivity contribution in [2.75, 3.05) is 0 Å². The second-order valence-electron chi connectivity index (χ2n) is 2.25. The molecule has 1 rings (SSSR count). The van der Waals surface area contributed by atoms with Gasteiger partial charge in [-0.05, 0) is 12.1 Å². The second-order valence-corrected chi connectivity index (χ2v) is 2.25. The molecule has 0 amide bonds. The Labute approximate surface area is 97.6 Å². The minimum Gasteiger partial charge on any atom is -0.483 e. The van der Waals surface area contributed by atoms with Crippen LogP contribution in [0, 0.1) is 17.9 Å². The fourth-order valence-electron chi connectivity index (χ4n) is 0.851. The molecule has 0 aliphatic rings. The van der Waals surface area contributed by atoms with Gasteiger partial charge >= 0.3 is 0 Å².